The van der Waals surface area contributed by atoms with Gasteiger partial charge in [-0.1, -0.05) is 33.3 Å². The van der Waals surface area contributed by atoms with Gasteiger partial charge in [-0.15, -0.1) is 0 Å². The summed E-state index contributed by atoms with van der Waals surface area (Å²) in [7, 11) is -4.65. The molecule has 9 nitrogen and oxygen atoms in total. The highest BCUT2D eigenvalue weighted by atomic mass is 31.2. The number of allylic oxidation sites excluding steroid dienone is 3. The predicted molar refractivity (Wildman–Crippen MR) is 126 cm³/mol. The van der Waals surface area contributed by atoms with E-state index in [0.29, 0.717) is 17.5 Å². The summed E-state index contributed by atoms with van der Waals surface area (Å²) in [5.41, 5.74) is 3.14. The summed E-state index contributed by atoms with van der Waals surface area (Å²) in [5.74, 6) is 1.57. The third-order valence-electron chi connectivity index (χ3n) is 6.87. The van der Waals surface area contributed by atoms with Gasteiger partial charge in [0.25, 0.3) is 5.91 Å². The van der Waals surface area contributed by atoms with Crippen molar-refractivity contribution in [3.63, 3.8) is 0 Å². The summed E-state index contributed by atoms with van der Waals surface area (Å²) in [6.45, 7) is 9.57. The largest absolute Gasteiger partial charge is 0.469 e. The Morgan fingerprint density at radius 3 is 2.76 bits per heavy atom. The molecule has 2 heterocycles. The van der Waals surface area contributed by atoms with Crippen LogP contribution in [0.5, 0.6) is 0 Å². The van der Waals surface area contributed by atoms with Crippen LogP contribution in [0.15, 0.2) is 22.7 Å². The number of rotatable bonds is 7. The molecular formula is C23H33N4O5P. The van der Waals surface area contributed by atoms with Crippen LogP contribution in [0.2, 0.25) is 0 Å². The van der Waals surface area contributed by atoms with Crippen LogP contribution in [0.25, 0.3) is 5.82 Å². The SMILES string of the molecule is CCC1C=C(n2nc(C(=O)NC(COP(=O)(O)O)C(C)(C)C)c3c2C2CC2C3)N=CC=C1C. The highest BCUT2D eigenvalue weighted by Crippen LogP contribution is 2.57. The topological polar surface area (TPSA) is 126 Å². The van der Waals surface area contributed by atoms with Gasteiger partial charge in [0.1, 0.15) is 5.82 Å². The van der Waals surface area contributed by atoms with E-state index >= 15 is 0 Å². The van der Waals surface area contributed by atoms with E-state index in [1.54, 1.807) is 6.21 Å². The van der Waals surface area contributed by atoms with Crippen LogP contribution in [0.4, 0.5) is 0 Å². The number of carbonyl (C=O) groups is 1. The van der Waals surface area contributed by atoms with Crippen molar-refractivity contribution in [1.82, 2.24) is 15.1 Å². The fourth-order valence-corrected chi connectivity index (χ4v) is 5.00. The van der Waals surface area contributed by atoms with Gasteiger partial charge >= 0.3 is 7.82 Å². The monoisotopic (exact) mass is 476 g/mol. The lowest BCUT2D eigenvalue weighted by atomic mass is 9.87. The summed E-state index contributed by atoms with van der Waals surface area (Å²) in [6, 6.07) is -0.610. The average Bonchev–Trinajstić information content (AvgIpc) is 3.28. The number of phosphoric ester groups is 1. The van der Waals surface area contributed by atoms with E-state index in [4.69, 9.17) is 19.4 Å². The molecule has 4 unspecified atom stereocenters. The number of carbonyl (C=O) groups excluding carboxylic acids is 1. The van der Waals surface area contributed by atoms with Crippen LogP contribution in [0.3, 0.4) is 0 Å². The van der Waals surface area contributed by atoms with Crippen molar-refractivity contribution in [1.29, 1.82) is 0 Å². The Hall–Kier alpha value is -2.06. The Morgan fingerprint density at radius 1 is 1.39 bits per heavy atom. The fraction of sp³-hybridized carbons (Fsp3) is 0.609. The van der Waals surface area contributed by atoms with Crippen molar-refractivity contribution >= 4 is 25.8 Å². The standard InChI is InChI=1S/C23H33N4O5P/c1-6-14-11-19(24-8-7-13(14)2)27-21-16-9-15(16)10-17(21)20(26-27)22(28)25-18(23(3,4)5)12-32-33(29,30)31/h7-8,11,14-16,18H,6,9-10,12H2,1-5H3,(H,25,28)(H2,29,30,31). The van der Waals surface area contributed by atoms with Gasteiger partial charge in [-0.2, -0.15) is 5.10 Å². The molecule has 2 aliphatic carbocycles. The smallest absolute Gasteiger partial charge is 0.345 e. The zero-order chi connectivity index (χ0) is 24.1. The molecule has 180 valence electrons. The lowest BCUT2D eigenvalue weighted by molar-refractivity contribution is 0.0825. The van der Waals surface area contributed by atoms with Gasteiger partial charge in [-0.25, -0.2) is 14.2 Å². The molecule has 3 N–H and O–H groups in total. The van der Waals surface area contributed by atoms with E-state index in [2.05, 4.69) is 30.2 Å². The second kappa shape index (κ2) is 8.62. The first-order valence-corrected chi connectivity index (χ1v) is 13.0. The van der Waals surface area contributed by atoms with Crippen LogP contribution in [-0.4, -0.2) is 44.3 Å². The van der Waals surface area contributed by atoms with Gasteiger partial charge in [0, 0.05) is 23.6 Å². The molecule has 33 heavy (non-hydrogen) atoms. The third-order valence-corrected chi connectivity index (χ3v) is 7.36. The summed E-state index contributed by atoms with van der Waals surface area (Å²) >= 11 is 0. The number of aromatic nitrogens is 2. The first-order valence-electron chi connectivity index (χ1n) is 11.4. The van der Waals surface area contributed by atoms with Crippen LogP contribution in [0, 0.1) is 17.3 Å². The molecule has 4 atom stereocenters. The maximum absolute atomic E-state index is 13.3. The van der Waals surface area contributed by atoms with E-state index in [0.717, 1.165) is 36.3 Å². The molecule has 0 radical (unpaired) electrons. The number of aliphatic imine (C=N–C) groups is 1. The molecule has 1 aliphatic heterocycles. The number of nitrogens with one attached hydrogen (secondary N) is 1. The molecule has 0 saturated heterocycles. The zero-order valence-corrected chi connectivity index (χ0v) is 20.7. The van der Waals surface area contributed by atoms with Crippen molar-refractivity contribution in [2.75, 3.05) is 6.61 Å². The molecule has 4 rings (SSSR count). The second-order valence-corrected chi connectivity index (χ2v) is 11.6. The summed E-state index contributed by atoms with van der Waals surface area (Å²) < 4.78 is 17.8. The van der Waals surface area contributed by atoms with Gasteiger partial charge in [0.05, 0.1) is 18.3 Å². The lowest BCUT2D eigenvalue weighted by Crippen LogP contribution is -2.47. The number of phosphoric acid groups is 1. The number of fused-ring (bicyclic) bond motifs is 3. The van der Waals surface area contributed by atoms with Crippen molar-refractivity contribution in [3.8, 4) is 0 Å². The Balaban J connectivity index is 1.65. The van der Waals surface area contributed by atoms with Gasteiger partial charge in [-0.05, 0) is 49.7 Å². The van der Waals surface area contributed by atoms with Crippen LogP contribution < -0.4 is 5.32 Å². The van der Waals surface area contributed by atoms with Gasteiger partial charge in [0.15, 0.2) is 5.69 Å². The highest BCUT2D eigenvalue weighted by Gasteiger charge is 2.50. The molecule has 1 aromatic rings. The Bertz CT molecular complexity index is 1090. The second-order valence-electron chi connectivity index (χ2n) is 10.3. The zero-order valence-electron chi connectivity index (χ0n) is 19.8. The minimum Gasteiger partial charge on any atom is -0.345 e. The van der Waals surface area contributed by atoms with Crippen molar-refractivity contribution in [2.24, 2.45) is 22.2 Å². The summed E-state index contributed by atoms with van der Waals surface area (Å²) in [5, 5.41) is 7.63. The van der Waals surface area contributed by atoms with Crippen molar-refractivity contribution in [3.05, 3.63) is 34.7 Å². The Morgan fingerprint density at radius 2 is 2.12 bits per heavy atom. The molecule has 3 aliphatic rings. The van der Waals surface area contributed by atoms with E-state index in [-0.39, 0.29) is 18.4 Å². The van der Waals surface area contributed by atoms with Gasteiger partial charge in [-0.3, -0.25) is 9.32 Å². The molecule has 0 aromatic carbocycles. The Kier molecular flexibility index (Phi) is 6.29. The molecular weight excluding hydrogens is 443 g/mol. The number of nitrogens with zero attached hydrogens (tertiary/aromatic N) is 3. The highest BCUT2D eigenvalue weighted by molar-refractivity contribution is 7.46. The molecule has 1 saturated carbocycles. The van der Waals surface area contributed by atoms with E-state index in [9.17, 15) is 9.36 Å². The maximum Gasteiger partial charge on any atom is 0.469 e. The summed E-state index contributed by atoms with van der Waals surface area (Å²) in [4.78, 5) is 36.2. The lowest BCUT2D eigenvalue weighted by Gasteiger charge is -2.31. The normalized spacial score (nSPS) is 25.0. The molecule has 1 amide bonds. The summed E-state index contributed by atoms with van der Waals surface area (Å²) in [6.07, 6.45) is 8.79. The number of amides is 1. The number of hydrogen-bond donors (Lipinski definition) is 3. The van der Waals surface area contributed by atoms with Crippen molar-refractivity contribution in [2.45, 2.75) is 65.8 Å². The third kappa shape index (κ3) is 5.06. The first-order chi connectivity index (χ1) is 15.4. The van der Waals surface area contributed by atoms with Crippen LogP contribution in [0.1, 0.15) is 75.1 Å². The quantitative estimate of drug-likeness (QED) is 0.516. The molecule has 0 spiro atoms. The Labute approximate surface area is 194 Å². The van der Waals surface area contributed by atoms with Gasteiger partial charge in [0.2, 0.25) is 0 Å². The van der Waals surface area contributed by atoms with Crippen LogP contribution >= 0.6 is 7.82 Å². The fourth-order valence-electron chi connectivity index (χ4n) is 4.65. The van der Waals surface area contributed by atoms with E-state index in [1.165, 1.54) is 5.57 Å². The van der Waals surface area contributed by atoms with E-state index in [1.807, 2.05) is 31.5 Å². The van der Waals surface area contributed by atoms with Gasteiger partial charge < -0.3 is 15.1 Å². The molecule has 10 heteroatoms. The molecule has 1 fully saturated rings. The average molecular weight is 477 g/mol. The maximum atomic E-state index is 13.3. The first kappa shape index (κ1) is 24.1. The predicted octanol–water partition coefficient (Wildman–Crippen LogP) is 3.65. The molecule has 0 bridgehead atoms. The van der Waals surface area contributed by atoms with Crippen LogP contribution in [-0.2, 0) is 15.5 Å². The minimum absolute atomic E-state index is 0.256. The molecule has 1 aromatic heterocycles. The van der Waals surface area contributed by atoms with E-state index < -0.39 is 19.3 Å². The number of hydrogen-bond acceptors (Lipinski definition) is 5. The van der Waals surface area contributed by atoms with Crippen molar-refractivity contribution < 1.29 is 23.7 Å². The minimum atomic E-state index is -4.65.